The highest BCUT2D eigenvalue weighted by atomic mass is 35.5. The lowest BCUT2D eigenvalue weighted by atomic mass is 10.3. The van der Waals surface area contributed by atoms with Gasteiger partial charge in [-0.3, -0.25) is 0 Å². The maximum Gasteiger partial charge on any atom is 0.246 e. The minimum atomic E-state index is -3.80. The van der Waals surface area contributed by atoms with Gasteiger partial charge in [0.1, 0.15) is 4.90 Å². The first-order chi connectivity index (χ1) is 8.32. The van der Waals surface area contributed by atoms with Crippen LogP contribution in [0.3, 0.4) is 0 Å². The zero-order valence-corrected chi connectivity index (χ0v) is 11.6. The number of hydrogen-bond acceptors (Lipinski definition) is 4. The van der Waals surface area contributed by atoms with Gasteiger partial charge in [0.15, 0.2) is 0 Å². The van der Waals surface area contributed by atoms with Gasteiger partial charge in [0, 0.05) is 18.8 Å². The summed E-state index contributed by atoms with van der Waals surface area (Å²) < 4.78 is 25.8. The van der Waals surface area contributed by atoms with Gasteiger partial charge in [0.2, 0.25) is 10.0 Å². The monoisotopic (exact) mass is 310 g/mol. The van der Waals surface area contributed by atoms with Gasteiger partial charge in [-0.25, -0.2) is 8.42 Å². The van der Waals surface area contributed by atoms with Crippen molar-refractivity contribution in [3.63, 3.8) is 0 Å². The number of benzene rings is 1. The SMILES string of the molecule is Nc1cc(Cl)c(S(=O)(=O)N2CC[C@H](O)C2)c(Cl)c1. The van der Waals surface area contributed by atoms with E-state index in [4.69, 9.17) is 28.9 Å². The smallest absolute Gasteiger partial charge is 0.246 e. The molecule has 0 saturated carbocycles. The molecule has 0 bridgehead atoms. The summed E-state index contributed by atoms with van der Waals surface area (Å²) in [6, 6.07) is 2.68. The first kappa shape index (κ1) is 13.9. The van der Waals surface area contributed by atoms with E-state index in [1.807, 2.05) is 0 Å². The third kappa shape index (κ3) is 2.44. The molecule has 3 N–H and O–H groups in total. The van der Waals surface area contributed by atoms with Crippen LogP contribution in [0, 0.1) is 0 Å². The van der Waals surface area contributed by atoms with E-state index in [0.717, 1.165) is 0 Å². The number of nitrogen functional groups attached to an aromatic ring is 1. The van der Waals surface area contributed by atoms with Crippen molar-refractivity contribution < 1.29 is 13.5 Å². The van der Waals surface area contributed by atoms with Crippen LogP contribution < -0.4 is 5.73 Å². The molecule has 0 radical (unpaired) electrons. The summed E-state index contributed by atoms with van der Waals surface area (Å²) in [7, 11) is -3.80. The molecule has 0 spiro atoms. The number of nitrogens with two attached hydrogens (primary N) is 1. The normalized spacial score (nSPS) is 21.4. The molecular weight excluding hydrogens is 299 g/mol. The minimum absolute atomic E-state index is 0.0126. The number of hydrogen-bond donors (Lipinski definition) is 2. The summed E-state index contributed by atoms with van der Waals surface area (Å²) in [4.78, 5) is -0.158. The number of rotatable bonds is 2. The molecule has 1 atom stereocenters. The standard InChI is InChI=1S/C10H12Cl2N2O3S/c11-8-3-6(13)4-9(12)10(8)18(16,17)14-2-1-7(15)5-14/h3-4,7,15H,1-2,5,13H2/t7-/m0/s1. The lowest BCUT2D eigenvalue weighted by Crippen LogP contribution is -2.30. The summed E-state index contributed by atoms with van der Waals surface area (Å²) in [5.41, 5.74) is 5.83. The van der Waals surface area contributed by atoms with Gasteiger partial charge in [0.25, 0.3) is 0 Å². The van der Waals surface area contributed by atoms with Gasteiger partial charge in [-0.05, 0) is 18.6 Å². The van der Waals surface area contributed by atoms with Crippen LogP contribution in [0.1, 0.15) is 6.42 Å². The fourth-order valence-electron chi connectivity index (χ4n) is 1.88. The number of aliphatic hydroxyl groups excluding tert-OH is 1. The van der Waals surface area contributed by atoms with Crippen molar-refractivity contribution >= 4 is 38.9 Å². The van der Waals surface area contributed by atoms with Crippen LogP contribution in [-0.4, -0.2) is 37.0 Å². The van der Waals surface area contributed by atoms with E-state index in [1.54, 1.807) is 0 Å². The Morgan fingerprint density at radius 2 is 1.89 bits per heavy atom. The number of nitrogens with zero attached hydrogens (tertiary/aromatic N) is 1. The summed E-state index contributed by atoms with van der Waals surface area (Å²) in [6.07, 6.45) is -0.241. The van der Waals surface area contributed by atoms with E-state index in [1.165, 1.54) is 16.4 Å². The van der Waals surface area contributed by atoms with Crippen molar-refractivity contribution in [1.29, 1.82) is 0 Å². The van der Waals surface area contributed by atoms with Gasteiger partial charge in [0.05, 0.1) is 16.1 Å². The fourth-order valence-corrected chi connectivity index (χ4v) is 4.56. The number of β-amino-alcohol motifs (C(OH)–C–C–N with tert-alkyl or cyclic N) is 1. The molecule has 1 fully saturated rings. The Balaban J connectivity index is 2.48. The predicted molar refractivity (Wildman–Crippen MR) is 70.3 cm³/mol. The van der Waals surface area contributed by atoms with Gasteiger partial charge in [-0.15, -0.1) is 0 Å². The predicted octanol–water partition coefficient (Wildman–Crippen LogP) is 1.33. The molecule has 18 heavy (non-hydrogen) atoms. The third-order valence-electron chi connectivity index (χ3n) is 2.74. The van der Waals surface area contributed by atoms with E-state index in [9.17, 15) is 13.5 Å². The number of halogens is 2. The van der Waals surface area contributed by atoms with Crippen LogP contribution in [0.4, 0.5) is 5.69 Å². The average Bonchev–Trinajstić information content (AvgIpc) is 2.63. The molecule has 8 heteroatoms. The Hall–Kier alpha value is -0.530. The Morgan fingerprint density at radius 3 is 2.33 bits per heavy atom. The molecule has 0 aliphatic carbocycles. The zero-order chi connectivity index (χ0) is 13.5. The van der Waals surface area contributed by atoms with Gasteiger partial charge < -0.3 is 10.8 Å². The maximum atomic E-state index is 12.3. The molecule has 0 aromatic heterocycles. The Bertz CT molecular complexity index is 553. The van der Waals surface area contributed by atoms with Crippen LogP contribution in [0.15, 0.2) is 17.0 Å². The summed E-state index contributed by atoms with van der Waals surface area (Å²) >= 11 is 11.8. The highest BCUT2D eigenvalue weighted by Gasteiger charge is 2.34. The van der Waals surface area contributed by atoms with Crippen molar-refractivity contribution in [3.05, 3.63) is 22.2 Å². The zero-order valence-electron chi connectivity index (χ0n) is 9.31. The van der Waals surface area contributed by atoms with Crippen LogP contribution in [-0.2, 0) is 10.0 Å². The molecule has 100 valence electrons. The fraction of sp³-hybridized carbons (Fsp3) is 0.400. The minimum Gasteiger partial charge on any atom is -0.399 e. The first-order valence-corrected chi connectivity index (χ1v) is 7.44. The average molecular weight is 311 g/mol. The lowest BCUT2D eigenvalue weighted by molar-refractivity contribution is 0.189. The summed E-state index contributed by atoms with van der Waals surface area (Å²) in [6.45, 7) is 0.305. The molecule has 0 amide bonds. The second kappa shape index (κ2) is 4.86. The van der Waals surface area contributed by atoms with Crippen LogP contribution in [0.25, 0.3) is 0 Å². The van der Waals surface area contributed by atoms with E-state index in [0.29, 0.717) is 12.1 Å². The van der Waals surface area contributed by atoms with Crippen molar-refractivity contribution in [2.75, 3.05) is 18.8 Å². The van der Waals surface area contributed by atoms with Crippen molar-refractivity contribution in [1.82, 2.24) is 4.31 Å². The van der Waals surface area contributed by atoms with Gasteiger partial charge in [-0.2, -0.15) is 4.31 Å². The topological polar surface area (TPSA) is 83.6 Å². The van der Waals surface area contributed by atoms with Crippen molar-refractivity contribution in [2.45, 2.75) is 17.4 Å². The summed E-state index contributed by atoms with van der Waals surface area (Å²) in [5.74, 6) is 0. The van der Waals surface area contributed by atoms with Gasteiger partial charge in [-0.1, -0.05) is 23.2 Å². The second-order valence-electron chi connectivity index (χ2n) is 4.12. The van der Waals surface area contributed by atoms with Crippen LogP contribution in [0.5, 0.6) is 0 Å². The molecule has 2 rings (SSSR count). The number of sulfonamides is 1. The van der Waals surface area contributed by atoms with Crippen LogP contribution >= 0.6 is 23.2 Å². The third-order valence-corrected chi connectivity index (χ3v) is 5.53. The van der Waals surface area contributed by atoms with Crippen molar-refractivity contribution in [2.24, 2.45) is 0 Å². The summed E-state index contributed by atoms with van der Waals surface area (Å²) in [5, 5.41) is 9.38. The highest BCUT2D eigenvalue weighted by molar-refractivity contribution is 7.89. The van der Waals surface area contributed by atoms with E-state index in [2.05, 4.69) is 0 Å². The molecular formula is C10H12Cl2N2O3S. The number of anilines is 1. The highest BCUT2D eigenvalue weighted by Crippen LogP contribution is 2.34. The molecule has 1 aromatic rings. The number of aliphatic hydroxyl groups is 1. The Labute approximate surface area is 115 Å². The molecule has 1 aliphatic rings. The van der Waals surface area contributed by atoms with E-state index < -0.39 is 16.1 Å². The van der Waals surface area contributed by atoms with Crippen LogP contribution in [0.2, 0.25) is 10.0 Å². The molecule has 1 aromatic carbocycles. The molecule has 1 saturated heterocycles. The molecule has 1 heterocycles. The van der Waals surface area contributed by atoms with Gasteiger partial charge >= 0.3 is 0 Å². The molecule has 5 nitrogen and oxygen atoms in total. The Kier molecular flexibility index (Phi) is 3.75. The van der Waals surface area contributed by atoms with E-state index in [-0.39, 0.29) is 28.0 Å². The van der Waals surface area contributed by atoms with Crippen molar-refractivity contribution in [3.8, 4) is 0 Å². The maximum absolute atomic E-state index is 12.3. The largest absolute Gasteiger partial charge is 0.399 e. The molecule has 1 aliphatic heterocycles. The first-order valence-electron chi connectivity index (χ1n) is 5.25. The lowest BCUT2D eigenvalue weighted by Gasteiger charge is -2.17. The molecule has 0 unspecified atom stereocenters. The second-order valence-corrected chi connectivity index (χ2v) is 6.81. The Morgan fingerprint density at radius 1 is 1.33 bits per heavy atom. The quantitative estimate of drug-likeness (QED) is 0.807. The van der Waals surface area contributed by atoms with E-state index >= 15 is 0 Å².